The molecule has 5 nitrogen and oxygen atoms in total. The van der Waals surface area contributed by atoms with E-state index < -0.39 is 0 Å². The third-order valence-corrected chi connectivity index (χ3v) is 2.93. The van der Waals surface area contributed by atoms with E-state index in [9.17, 15) is 9.59 Å². The fourth-order valence-electron chi connectivity index (χ4n) is 1.74. The maximum absolute atomic E-state index is 11.8. The molecular weight excluding hydrogens is 270 g/mol. The van der Waals surface area contributed by atoms with Crippen molar-refractivity contribution < 1.29 is 19.1 Å². The summed E-state index contributed by atoms with van der Waals surface area (Å²) < 4.78 is 10.3. The first kappa shape index (κ1) is 17.0. The van der Waals surface area contributed by atoms with E-state index >= 15 is 0 Å². The van der Waals surface area contributed by atoms with Crippen LogP contribution in [0, 0.1) is 0 Å². The Morgan fingerprint density at radius 3 is 2.52 bits per heavy atom. The van der Waals surface area contributed by atoms with Crippen LogP contribution in [-0.2, 0) is 14.3 Å². The smallest absolute Gasteiger partial charge is 0.307 e. The van der Waals surface area contributed by atoms with E-state index in [2.05, 4.69) is 0 Å². The molecule has 21 heavy (non-hydrogen) atoms. The van der Waals surface area contributed by atoms with Crippen molar-refractivity contribution in [1.29, 1.82) is 0 Å². The molecule has 0 radical (unpaired) electrons. The second-order valence-corrected chi connectivity index (χ2v) is 4.64. The van der Waals surface area contributed by atoms with Gasteiger partial charge < -0.3 is 14.4 Å². The van der Waals surface area contributed by atoms with E-state index in [4.69, 9.17) is 9.47 Å². The molecule has 0 saturated carbocycles. The Morgan fingerprint density at radius 2 is 1.86 bits per heavy atom. The summed E-state index contributed by atoms with van der Waals surface area (Å²) in [5, 5.41) is 0. The number of para-hydroxylation sites is 1. The SMILES string of the molecule is CCOC(=O)CCN(C)C(=O)CCCOc1ccccc1. The van der Waals surface area contributed by atoms with Crippen molar-refractivity contribution in [3.8, 4) is 5.75 Å². The molecule has 0 heterocycles. The summed E-state index contributed by atoms with van der Waals surface area (Å²) in [7, 11) is 1.69. The van der Waals surface area contributed by atoms with Crippen LogP contribution in [0.1, 0.15) is 26.2 Å². The summed E-state index contributed by atoms with van der Waals surface area (Å²) in [6, 6.07) is 9.50. The zero-order valence-electron chi connectivity index (χ0n) is 12.7. The summed E-state index contributed by atoms with van der Waals surface area (Å²) >= 11 is 0. The van der Waals surface area contributed by atoms with Crippen molar-refractivity contribution in [3.63, 3.8) is 0 Å². The van der Waals surface area contributed by atoms with Gasteiger partial charge in [0.05, 0.1) is 19.6 Å². The monoisotopic (exact) mass is 293 g/mol. The number of hydrogen-bond acceptors (Lipinski definition) is 4. The first-order chi connectivity index (χ1) is 10.1. The van der Waals surface area contributed by atoms with Gasteiger partial charge in [-0.3, -0.25) is 9.59 Å². The van der Waals surface area contributed by atoms with Crippen LogP contribution in [0.3, 0.4) is 0 Å². The Balaban J connectivity index is 2.13. The molecule has 1 rings (SSSR count). The van der Waals surface area contributed by atoms with Crippen LogP contribution in [-0.4, -0.2) is 43.6 Å². The lowest BCUT2D eigenvalue weighted by Crippen LogP contribution is -2.29. The number of ether oxygens (including phenoxy) is 2. The van der Waals surface area contributed by atoms with E-state index in [1.165, 1.54) is 0 Å². The Bertz CT molecular complexity index is 433. The zero-order valence-corrected chi connectivity index (χ0v) is 12.7. The molecule has 1 amide bonds. The third-order valence-electron chi connectivity index (χ3n) is 2.93. The highest BCUT2D eigenvalue weighted by Crippen LogP contribution is 2.09. The average molecular weight is 293 g/mol. The molecule has 1 aromatic rings. The van der Waals surface area contributed by atoms with Crippen LogP contribution in [0.15, 0.2) is 30.3 Å². The van der Waals surface area contributed by atoms with Gasteiger partial charge in [-0.25, -0.2) is 0 Å². The number of nitrogens with zero attached hydrogens (tertiary/aromatic N) is 1. The van der Waals surface area contributed by atoms with Crippen molar-refractivity contribution >= 4 is 11.9 Å². The minimum Gasteiger partial charge on any atom is -0.494 e. The van der Waals surface area contributed by atoms with Gasteiger partial charge in [0.1, 0.15) is 5.75 Å². The molecule has 0 N–H and O–H groups in total. The first-order valence-corrected chi connectivity index (χ1v) is 7.21. The zero-order chi connectivity index (χ0) is 15.5. The Hall–Kier alpha value is -2.04. The van der Waals surface area contributed by atoms with Crippen molar-refractivity contribution in [3.05, 3.63) is 30.3 Å². The summed E-state index contributed by atoms with van der Waals surface area (Å²) in [5.41, 5.74) is 0. The molecule has 0 aliphatic heterocycles. The van der Waals surface area contributed by atoms with E-state index in [0.29, 0.717) is 32.6 Å². The predicted molar refractivity (Wildman–Crippen MR) is 80.1 cm³/mol. The van der Waals surface area contributed by atoms with Crippen LogP contribution in [0.5, 0.6) is 5.75 Å². The quantitative estimate of drug-likeness (QED) is 0.517. The summed E-state index contributed by atoms with van der Waals surface area (Å²) in [6.45, 7) is 3.02. The number of carbonyl (C=O) groups is 2. The summed E-state index contributed by atoms with van der Waals surface area (Å²) in [4.78, 5) is 24.6. The fraction of sp³-hybridized carbons (Fsp3) is 0.500. The number of carbonyl (C=O) groups excluding carboxylic acids is 2. The second-order valence-electron chi connectivity index (χ2n) is 4.64. The predicted octanol–water partition coefficient (Wildman–Crippen LogP) is 2.26. The molecule has 0 unspecified atom stereocenters. The van der Waals surface area contributed by atoms with Crippen molar-refractivity contribution in [2.75, 3.05) is 26.8 Å². The number of hydrogen-bond donors (Lipinski definition) is 0. The van der Waals surface area contributed by atoms with Gasteiger partial charge in [-0.1, -0.05) is 18.2 Å². The van der Waals surface area contributed by atoms with E-state index in [1.54, 1.807) is 18.9 Å². The Labute approximate surface area is 125 Å². The molecule has 5 heteroatoms. The first-order valence-electron chi connectivity index (χ1n) is 7.21. The summed E-state index contributed by atoms with van der Waals surface area (Å²) in [5.74, 6) is 0.543. The highest BCUT2D eigenvalue weighted by atomic mass is 16.5. The lowest BCUT2D eigenvalue weighted by molar-refractivity contribution is -0.143. The maximum Gasteiger partial charge on any atom is 0.307 e. The van der Waals surface area contributed by atoms with Crippen LogP contribution >= 0.6 is 0 Å². The van der Waals surface area contributed by atoms with Gasteiger partial charge in [0.15, 0.2) is 0 Å². The average Bonchev–Trinajstić information content (AvgIpc) is 2.50. The third kappa shape index (κ3) is 7.34. The van der Waals surface area contributed by atoms with Gasteiger partial charge in [0.25, 0.3) is 0 Å². The second kappa shape index (κ2) is 9.80. The molecule has 0 saturated heterocycles. The van der Waals surface area contributed by atoms with Gasteiger partial charge in [-0.2, -0.15) is 0 Å². The van der Waals surface area contributed by atoms with Crippen molar-refractivity contribution in [2.45, 2.75) is 26.2 Å². The number of rotatable bonds is 9. The Morgan fingerprint density at radius 1 is 1.14 bits per heavy atom. The van der Waals surface area contributed by atoms with Gasteiger partial charge in [-0.15, -0.1) is 0 Å². The van der Waals surface area contributed by atoms with Gasteiger partial charge in [-0.05, 0) is 25.5 Å². The van der Waals surface area contributed by atoms with E-state index in [0.717, 1.165) is 5.75 Å². The molecule has 0 atom stereocenters. The summed E-state index contributed by atoms with van der Waals surface area (Å²) in [6.07, 6.45) is 1.29. The van der Waals surface area contributed by atoms with Gasteiger partial charge in [0, 0.05) is 20.0 Å². The van der Waals surface area contributed by atoms with Gasteiger partial charge in [0.2, 0.25) is 5.91 Å². The van der Waals surface area contributed by atoms with E-state index in [1.807, 2.05) is 30.3 Å². The van der Waals surface area contributed by atoms with Crippen LogP contribution in [0.2, 0.25) is 0 Å². The standard InChI is InChI=1S/C16H23NO4/c1-3-20-16(19)11-12-17(2)15(18)10-7-13-21-14-8-5-4-6-9-14/h4-6,8-9H,3,7,10-13H2,1-2H3. The molecule has 0 spiro atoms. The highest BCUT2D eigenvalue weighted by molar-refractivity contribution is 5.77. The molecular formula is C16H23NO4. The largest absolute Gasteiger partial charge is 0.494 e. The lowest BCUT2D eigenvalue weighted by atomic mass is 10.3. The molecule has 0 aromatic heterocycles. The lowest BCUT2D eigenvalue weighted by Gasteiger charge is -2.16. The van der Waals surface area contributed by atoms with Crippen LogP contribution in [0.4, 0.5) is 0 Å². The minimum atomic E-state index is -0.274. The van der Waals surface area contributed by atoms with Crippen molar-refractivity contribution in [1.82, 2.24) is 4.90 Å². The number of benzene rings is 1. The normalized spacial score (nSPS) is 10.0. The van der Waals surface area contributed by atoms with Crippen LogP contribution < -0.4 is 4.74 Å². The van der Waals surface area contributed by atoms with Crippen LogP contribution in [0.25, 0.3) is 0 Å². The molecule has 0 fully saturated rings. The number of amides is 1. The van der Waals surface area contributed by atoms with Gasteiger partial charge >= 0.3 is 5.97 Å². The molecule has 116 valence electrons. The van der Waals surface area contributed by atoms with Crippen molar-refractivity contribution in [2.24, 2.45) is 0 Å². The molecule has 0 bridgehead atoms. The maximum atomic E-state index is 11.8. The van der Waals surface area contributed by atoms with E-state index in [-0.39, 0.29) is 18.3 Å². The highest BCUT2D eigenvalue weighted by Gasteiger charge is 2.11. The Kier molecular flexibility index (Phi) is 7.94. The fourth-order valence-corrected chi connectivity index (χ4v) is 1.74. The molecule has 0 aliphatic rings. The minimum absolute atomic E-state index is 0.0101. The molecule has 1 aromatic carbocycles. The number of esters is 1. The topological polar surface area (TPSA) is 55.8 Å². The molecule has 0 aliphatic carbocycles.